The Morgan fingerprint density at radius 1 is 1.15 bits per heavy atom. The van der Waals surface area contributed by atoms with E-state index >= 15 is 0 Å². The molecule has 2 aliphatic rings. The highest BCUT2D eigenvalue weighted by molar-refractivity contribution is 7.08. The summed E-state index contributed by atoms with van der Waals surface area (Å²) in [6, 6.07) is 15.5. The molecule has 0 radical (unpaired) electrons. The van der Waals surface area contributed by atoms with Crippen LogP contribution in [0.15, 0.2) is 58.3 Å². The molecule has 1 unspecified atom stereocenters. The molecule has 34 heavy (non-hydrogen) atoms. The van der Waals surface area contributed by atoms with Crippen molar-refractivity contribution in [1.82, 2.24) is 20.4 Å². The molecular weight excluding hydrogens is 450 g/mol. The van der Waals surface area contributed by atoms with Crippen LogP contribution in [0.3, 0.4) is 0 Å². The summed E-state index contributed by atoms with van der Waals surface area (Å²) in [6.45, 7) is 3.12. The number of benzene rings is 2. The fourth-order valence-corrected chi connectivity index (χ4v) is 5.04. The predicted molar refractivity (Wildman–Crippen MR) is 131 cm³/mol. The number of rotatable bonds is 8. The van der Waals surface area contributed by atoms with Crippen LogP contribution in [-0.2, 0) is 6.42 Å². The van der Waals surface area contributed by atoms with E-state index in [9.17, 15) is 9.59 Å². The number of ether oxygens (including phenoxy) is 1. The largest absolute Gasteiger partial charge is 0.489 e. The third-order valence-corrected chi connectivity index (χ3v) is 7.01. The Morgan fingerprint density at radius 2 is 1.94 bits per heavy atom. The summed E-state index contributed by atoms with van der Waals surface area (Å²) >= 11 is 1.06. The zero-order valence-corrected chi connectivity index (χ0v) is 19.6. The number of nitrogens with one attached hydrogen (secondary N) is 2. The second-order valence-electron chi connectivity index (χ2n) is 8.50. The summed E-state index contributed by atoms with van der Waals surface area (Å²) in [5, 5.41) is 12.0. The number of amides is 1. The van der Waals surface area contributed by atoms with Crippen LogP contribution in [-0.4, -0.2) is 53.4 Å². The molecule has 8 nitrogen and oxygen atoms in total. The van der Waals surface area contributed by atoms with Crippen molar-refractivity contribution < 1.29 is 9.53 Å². The molecule has 5 rings (SSSR count). The maximum absolute atomic E-state index is 12.4. The highest BCUT2D eigenvalue weighted by Crippen LogP contribution is 2.21. The van der Waals surface area contributed by atoms with Crippen molar-refractivity contribution in [3.63, 3.8) is 0 Å². The number of carbonyl (C=O) groups is 1. The van der Waals surface area contributed by atoms with E-state index in [0.29, 0.717) is 30.1 Å². The summed E-state index contributed by atoms with van der Waals surface area (Å²) in [6.07, 6.45) is 4.06. The summed E-state index contributed by atoms with van der Waals surface area (Å²) in [5.41, 5.74) is 1.82. The molecule has 1 aromatic heterocycles. The Hall–Kier alpha value is -3.30. The third-order valence-electron chi connectivity index (χ3n) is 6.20. The predicted octanol–water partition coefficient (Wildman–Crippen LogP) is 1.48. The Bertz CT molecular complexity index is 1330. The molecule has 2 aliphatic heterocycles. The number of carbonyl (C=O) groups excluding carboxylic acids is 1. The number of aromatic amines is 1. The van der Waals surface area contributed by atoms with Crippen molar-refractivity contribution in [3.05, 3.63) is 79.3 Å². The molecule has 1 atom stereocenters. The number of aromatic nitrogens is 2. The van der Waals surface area contributed by atoms with Gasteiger partial charge in [-0.2, -0.15) is 5.10 Å². The van der Waals surface area contributed by atoms with Crippen LogP contribution < -0.4 is 25.5 Å². The topological polar surface area (TPSA) is 99.7 Å². The molecule has 0 spiro atoms. The molecule has 1 saturated heterocycles. The van der Waals surface area contributed by atoms with Crippen molar-refractivity contribution in [3.8, 4) is 5.75 Å². The number of para-hydroxylation sites is 1. The molecule has 3 aromatic rings. The molecule has 0 saturated carbocycles. The van der Waals surface area contributed by atoms with Crippen LogP contribution in [0.4, 0.5) is 0 Å². The van der Waals surface area contributed by atoms with Gasteiger partial charge >= 0.3 is 4.87 Å². The van der Waals surface area contributed by atoms with E-state index < -0.39 is 0 Å². The van der Waals surface area contributed by atoms with Gasteiger partial charge in [-0.1, -0.05) is 29.5 Å². The lowest BCUT2D eigenvalue weighted by atomic mass is 10.0. The minimum Gasteiger partial charge on any atom is -0.489 e. The smallest absolute Gasteiger partial charge is 0.322 e. The van der Waals surface area contributed by atoms with Gasteiger partial charge in [-0.05, 0) is 48.7 Å². The highest BCUT2D eigenvalue weighted by atomic mass is 32.1. The van der Waals surface area contributed by atoms with Crippen molar-refractivity contribution in [1.29, 1.82) is 0 Å². The van der Waals surface area contributed by atoms with E-state index in [-0.39, 0.29) is 16.9 Å². The first-order valence-electron chi connectivity index (χ1n) is 11.6. The highest BCUT2D eigenvalue weighted by Gasteiger charge is 2.24. The summed E-state index contributed by atoms with van der Waals surface area (Å²) in [4.78, 5) is 30.8. The lowest BCUT2D eigenvalue weighted by Gasteiger charge is -2.27. The molecule has 1 amide bonds. The molecule has 176 valence electrons. The zero-order valence-electron chi connectivity index (χ0n) is 18.8. The lowest BCUT2D eigenvalue weighted by molar-refractivity contribution is 0.0954. The second-order valence-corrected chi connectivity index (χ2v) is 9.55. The van der Waals surface area contributed by atoms with Gasteiger partial charge in [0.25, 0.3) is 5.91 Å². The quantitative estimate of drug-likeness (QED) is 0.512. The van der Waals surface area contributed by atoms with Crippen LogP contribution in [0.25, 0.3) is 5.57 Å². The molecule has 1 fully saturated rings. The molecule has 9 heteroatoms. The van der Waals surface area contributed by atoms with Crippen molar-refractivity contribution in [2.24, 2.45) is 4.99 Å². The fraction of sp³-hybridized carbons (Fsp3) is 0.360. The third kappa shape index (κ3) is 5.26. The Labute approximate surface area is 201 Å². The minimum absolute atomic E-state index is 0.167. The number of fused-ring (bicyclic) bond motifs is 1. The van der Waals surface area contributed by atoms with Gasteiger partial charge in [0.2, 0.25) is 0 Å². The van der Waals surface area contributed by atoms with Gasteiger partial charge in [-0.25, -0.2) is 5.10 Å². The average Bonchev–Trinajstić information content (AvgIpc) is 3.55. The first kappa shape index (κ1) is 22.5. The molecular formula is C25H27N5O3S. The molecule has 2 N–H and O–H groups in total. The standard InChI is InChI=1S/C25H27N5O3S/c31-24(26-12-11-23-28-29-25(32)34-23)17-7-9-19(10-8-17)33-16-18-15-22(30-13-3-4-14-30)27-21-6-2-1-5-20(18)21/h1-2,5-10,22H,3-4,11-16H2,(H,26,31)(H,29,32). The summed E-state index contributed by atoms with van der Waals surface area (Å²) in [5.74, 6) is 0.558. The fourth-order valence-electron chi connectivity index (χ4n) is 4.43. The normalized spacial score (nSPS) is 17.8. The van der Waals surface area contributed by atoms with Gasteiger partial charge in [0.15, 0.2) is 0 Å². The number of hydrogen-bond acceptors (Lipinski definition) is 7. The van der Waals surface area contributed by atoms with Crippen molar-refractivity contribution >= 4 is 22.8 Å². The second kappa shape index (κ2) is 10.3. The van der Waals surface area contributed by atoms with E-state index in [1.54, 1.807) is 12.1 Å². The van der Waals surface area contributed by atoms with E-state index in [4.69, 9.17) is 9.73 Å². The number of likely N-dealkylation sites (tertiary alicyclic amines) is 1. The van der Waals surface area contributed by atoms with E-state index in [1.165, 1.54) is 18.4 Å². The van der Waals surface area contributed by atoms with Crippen molar-refractivity contribution in [2.45, 2.75) is 31.8 Å². The van der Waals surface area contributed by atoms with Gasteiger partial charge in [0.05, 0.1) is 5.36 Å². The SMILES string of the molecule is O=C(NCCc1n[nH]c(=O)s1)c1ccc(OCC2=c3ccccc3=NC(N3CCCC3)C2)cc1. The van der Waals surface area contributed by atoms with E-state index in [2.05, 4.69) is 32.5 Å². The van der Waals surface area contributed by atoms with Crippen LogP contribution in [0, 0.1) is 0 Å². The van der Waals surface area contributed by atoms with Crippen molar-refractivity contribution in [2.75, 3.05) is 26.2 Å². The average molecular weight is 478 g/mol. The summed E-state index contributed by atoms with van der Waals surface area (Å²) < 4.78 is 6.12. The molecule has 3 heterocycles. The monoisotopic (exact) mass is 477 g/mol. The lowest BCUT2D eigenvalue weighted by Crippen LogP contribution is -2.42. The first-order chi connectivity index (χ1) is 16.7. The van der Waals surface area contributed by atoms with Gasteiger partial charge < -0.3 is 10.1 Å². The van der Waals surface area contributed by atoms with Gasteiger partial charge in [-0.15, -0.1) is 0 Å². The molecule has 2 aromatic carbocycles. The van der Waals surface area contributed by atoms with E-state index in [0.717, 1.165) is 47.2 Å². The minimum atomic E-state index is -0.187. The van der Waals surface area contributed by atoms with E-state index in [1.807, 2.05) is 24.3 Å². The summed E-state index contributed by atoms with van der Waals surface area (Å²) in [7, 11) is 0. The number of hydrogen-bond donors (Lipinski definition) is 2. The van der Waals surface area contributed by atoms with Crippen LogP contribution in [0.2, 0.25) is 0 Å². The Morgan fingerprint density at radius 3 is 2.71 bits per heavy atom. The Balaban J connectivity index is 1.20. The molecule has 0 bridgehead atoms. The molecule has 0 aliphatic carbocycles. The number of H-pyrrole nitrogens is 1. The van der Waals surface area contributed by atoms with Crippen LogP contribution in [0.5, 0.6) is 5.75 Å². The first-order valence-corrected chi connectivity index (χ1v) is 12.4. The van der Waals surface area contributed by atoms with Crippen LogP contribution >= 0.6 is 11.3 Å². The number of nitrogens with zero attached hydrogens (tertiary/aromatic N) is 3. The zero-order chi connectivity index (χ0) is 23.3. The maximum Gasteiger partial charge on any atom is 0.322 e. The van der Waals surface area contributed by atoms with Gasteiger partial charge in [0.1, 0.15) is 23.5 Å². The van der Waals surface area contributed by atoms with Crippen LogP contribution in [0.1, 0.15) is 34.6 Å². The maximum atomic E-state index is 12.4. The van der Waals surface area contributed by atoms with Gasteiger partial charge in [0, 0.05) is 43.3 Å². The Kier molecular flexibility index (Phi) is 6.82. The van der Waals surface area contributed by atoms with Gasteiger partial charge in [-0.3, -0.25) is 19.5 Å².